The predicted molar refractivity (Wildman–Crippen MR) is 221 cm³/mol. The Bertz CT molecular complexity index is 1030. The van der Waals surface area contributed by atoms with Crippen molar-refractivity contribution in [3.05, 3.63) is 36.5 Å². The number of allylic oxidation sites excluding steroid dienone is 5. The van der Waals surface area contributed by atoms with Crippen LogP contribution < -0.4 is 4.89 Å². The summed E-state index contributed by atoms with van der Waals surface area (Å²) in [5.74, 6) is -0.393. The molecule has 0 spiro atoms. The van der Waals surface area contributed by atoms with E-state index >= 15 is 0 Å². The number of phosphoric ester groups is 1. The average molecular weight is 784 g/mol. The highest BCUT2D eigenvalue weighted by Crippen LogP contribution is 2.38. The summed E-state index contributed by atoms with van der Waals surface area (Å²) in [6, 6.07) is 0. The molecule has 0 aromatic rings. The topological polar surface area (TPSA) is 107 Å². The number of hydrogen-bond donors (Lipinski definition) is 0. The molecular formula is C44H82NO8P. The van der Waals surface area contributed by atoms with E-state index in [1.54, 1.807) is 0 Å². The molecule has 1 fully saturated rings. The lowest BCUT2D eigenvalue weighted by atomic mass is 10.0. The highest BCUT2D eigenvalue weighted by Gasteiger charge is 2.36. The van der Waals surface area contributed by atoms with Gasteiger partial charge in [-0.15, -0.1) is 0 Å². The third-order valence-corrected chi connectivity index (χ3v) is 10.6. The van der Waals surface area contributed by atoms with Gasteiger partial charge in [-0.05, 0) is 51.4 Å². The SMILES string of the molecule is CCCCC/C=C\C/C=C\C/C=C\CC1OC1CCCC(=O)OC(COCCCCCCCCCCCCCCCC)COP(=O)([O-])OCC[N+](C)(C)C. The van der Waals surface area contributed by atoms with Gasteiger partial charge in [0.2, 0.25) is 0 Å². The van der Waals surface area contributed by atoms with Gasteiger partial charge < -0.3 is 32.6 Å². The fourth-order valence-electron chi connectivity index (χ4n) is 6.10. The van der Waals surface area contributed by atoms with Gasteiger partial charge in [0.05, 0.1) is 46.6 Å². The van der Waals surface area contributed by atoms with Gasteiger partial charge in [-0.2, -0.15) is 0 Å². The van der Waals surface area contributed by atoms with Gasteiger partial charge in [-0.25, -0.2) is 0 Å². The third kappa shape index (κ3) is 34.0. The third-order valence-electron chi connectivity index (χ3n) is 9.62. The molecule has 0 saturated carbocycles. The zero-order valence-electron chi connectivity index (χ0n) is 35.4. The molecule has 0 aromatic heterocycles. The maximum atomic E-state index is 12.7. The quantitative estimate of drug-likeness (QED) is 0.0151. The number of nitrogens with zero attached hydrogens (tertiary/aromatic N) is 1. The van der Waals surface area contributed by atoms with Gasteiger partial charge >= 0.3 is 5.97 Å². The van der Waals surface area contributed by atoms with Crippen LogP contribution in [0.2, 0.25) is 0 Å². The minimum atomic E-state index is -4.55. The Morgan fingerprint density at radius 1 is 0.685 bits per heavy atom. The number of unbranched alkanes of at least 4 members (excludes halogenated alkanes) is 16. The first-order valence-electron chi connectivity index (χ1n) is 21.8. The molecule has 0 radical (unpaired) electrons. The van der Waals surface area contributed by atoms with Crippen molar-refractivity contribution in [2.24, 2.45) is 0 Å². The molecule has 0 N–H and O–H groups in total. The molecule has 0 aromatic carbocycles. The molecule has 1 aliphatic rings. The van der Waals surface area contributed by atoms with E-state index < -0.39 is 19.9 Å². The van der Waals surface area contributed by atoms with Gasteiger partial charge in [0.15, 0.2) is 0 Å². The van der Waals surface area contributed by atoms with Gasteiger partial charge in [0, 0.05) is 13.0 Å². The molecule has 1 saturated heterocycles. The van der Waals surface area contributed by atoms with Crippen molar-refractivity contribution in [3.8, 4) is 0 Å². The lowest BCUT2D eigenvalue weighted by molar-refractivity contribution is -0.870. The molecule has 0 aliphatic carbocycles. The summed E-state index contributed by atoms with van der Waals surface area (Å²) in [6.07, 6.45) is 40.3. The van der Waals surface area contributed by atoms with E-state index in [2.05, 4.69) is 50.3 Å². The van der Waals surface area contributed by atoms with Crippen molar-refractivity contribution >= 4 is 13.8 Å². The zero-order valence-corrected chi connectivity index (χ0v) is 36.3. The molecule has 1 heterocycles. The van der Waals surface area contributed by atoms with Crippen LogP contribution in [0.4, 0.5) is 0 Å². The molecule has 1 aliphatic heterocycles. The van der Waals surface area contributed by atoms with Crippen molar-refractivity contribution in [3.63, 3.8) is 0 Å². The van der Waals surface area contributed by atoms with Crippen LogP contribution in [-0.2, 0) is 32.6 Å². The lowest BCUT2D eigenvalue weighted by Crippen LogP contribution is -2.37. The molecular weight excluding hydrogens is 701 g/mol. The van der Waals surface area contributed by atoms with Gasteiger partial charge in [-0.1, -0.05) is 147 Å². The Morgan fingerprint density at radius 3 is 1.85 bits per heavy atom. The van der Waals surface area contributed by atoms with E-state index in [9.17, 15) is 14.3 Å². The van der Waals surface area contributed by atoms with Crippen LogP contribution in [0.3, 0.4) is 0 Å². The number of hydrogen-bond acceptors (Lipinski definition) is 8. The molecule has 0 bridgehead atoms. The summed E-state index contributed by atoms with van der Waals surface area (Å²) in [7, 11) is 1.31. The van der Waals surface area contributed by atoms with Gasteiger partial charge in [0.1, 0.15) is 19.3 Å². The number of likely N-dealkylation sites (N-methyl/N-ethyl adjacent to an activating group) is 1. The molecule has 0 amide bonds. The molecule has 316 valence electrons. The van der Waals surface area contributed by atoms with Crippen LogP contribution in [0.5, 0.6) is 0 Å². The number of esters is 1. The number of phosphoric acid groups is 1. The van der Waals surface area contributed by atoms with E-state index in [0.29, 0.717) is 24.1 Å². The summed E-state index contributed by atoms with van der Waals surface area (Å²) in [6.45, 7) is 5.29. The number of quaternary nitrogens is 1. The second-order valence-electron chi connectivity index (χ2n) is 16.1. The zero-order chi connectivity index (χ0) is 39.6. The maximum Gasteiger partial charge on any atom is 0.306 e. The highest BCUT2D eigenvalue weighted by atomic mass is 31.2. The minimum absolute atomic E-state index is 0.0125. The Hall–Kier alpha value is -1.32. The fraction of sp³-hybridized carbons (Fsp3) is 0.841. The summed E-state index contributed by atoms with van der Waals surface area (Å²) in [5.41, 5.74) is 0. The van der Waals surface area contributed by atoms with Crippen LogP contribution in [0.25, 0.3) is 0 Å². The van der Waals surface area contributed by atoms with Crippen molar-refractivity contribution in [1.29, 1.82) is 0 Å². The van der Waals surface area contributed by atoms with Gasteiger partial charge in [-0.3, -0.25) is 9.36 Å². The second kappa shape index (κ2) is 33.8. The summed E-state index contributed by atoms with van der Waals surface area (Å²) >= 11 is 0. The number of epoxide rings is 1. The standard InChI is InChI=1S/C44H82NO8P/c1-6-8-10-12-14-16-18-20-21-23-25-27-29-31-37-49-39-41(40-51-54(47,48)50-38-36-45(3,4)5)52-44(46)35-32-34-43-42(53-43)33-30-28-26-24-22-19-17-15-13-11-9-7-2/h15,17,22,24,28,30,41-43H,6-14,16,18-21,23,25-27,29,31-40H2,1-5H3/b17-15-,24-22-,30-28-. The Balaban J connectivity index is 2.29. The van der Waals surface area contributed by atoms with Crippen LogP contribution in [0.1, 0.15) is 168 Å². The highest BCUT2D eigenvalue weighted by molar-refractivity contribution is 7.45. The van der Waals surface area contributed by atoms with E-state index in [0.717, 1.165) is 38.5 Å². The molecule has 4 unspecified atom stereocenters. The smallest absolute Gasteiger partial charge is 0.306 e. The first-order valence-corrected chi connectivity index (χ1v) is 23.3. The number of rotatable bonds is 39. The van der Waals surface area contributed by atoms with Gasteiger partial charge in [0.25, 0.3) is 7.82 Å². The first-order chi connectivity index (χ1) is 26.1. The Kier molecular flexibility index (Phi) is 31.7. The summed E-state index contributed by atoms with van der Waals surface area (Å²) in [5, 5.41) is 0. The minimum Gasteiger partial charge on any atom is -0.756 e. The van der Waals surface area contributed by atoms with E-state index in [-0.39, 0.29) is 38.4 Å². The maximum absolute atomic E-state index is 12.7. The molecule has 10 heteroatoms. The van der Waals surface area contributed by atoms with Crippen molar-refractivity contribution in [2.75, 3.05) is 54.1 Å². The van der Waals surface area contributed by atoms with Crippen molar-refractivity contribution < 1.29 is 42.0 Å². The number of ether oxygens (including phenoxy) is 3. The van der Waals surface area contributed by atoms with E-state index in [1.165, 1.54) is 103 Å². The Labute approximate surface area is 331 Å². The van der Waals surface area contributed by atoms with E-state index in [1.807, 2.05) is 21.1 Å². The molecule has 54 heavy (non-hydrogen) atoms. The van der Waals surface area contributed by atoms with Crippen molar-refractivity contribution in [1.82, 2.24) is 0 Å². The van der Waals surface area contributed by atoms with Crippen LogP contribution in [0.15, 0.2) is 36.5 Å². The first kappa shape index (κ1) is 50.7. The normalized spacial score (nSPS) is 17.9. The van der Waals surface area contributed by atoms with Crippen LogP contribution in [-0.4, -0.2) is 82.9 Å². The number of carbonyl (C=O) groups excluding carboxylic acids is 1. The largest absolute Gasteiger partial charge is 0.756 e. The van der Waals surface area contributed by atoms with Crippen molar-refractivity contribution in [2.45, 2.75) is 186 Å². The predicted octanol–water partition coefficient (Wildman–Crippen LogP) is 11.0. The molecule has 9 nitrogen and oxygen atoms in total. The Morgan fingerprint density at radius 2 is 1.24 bits per heavy atom. The lowest BCUT2D eigenvalue weighted by Gasteiger charge is -2.28. The molecule has 1 rings (SSSR count). The fourth-order valence-corrected chi connectivity index (χ4v) is 6.83. The van der Waals surface area contributed by atoms with Crippen LogP contribution >= 0.6 is 7.82 Å². The summed E-state index contributed by atoms with van der Waals surface area (Å²) in [4.78, 5) is 25.1. The monoisotopic (exact) mass is 784 g/mol. The second-order valence-corrected chi connectivity index (χ2v) is 17.5. The number of carbonyl (C=O) groups is 1. The summed E-state index contributed by atoms with van der Waals surface area (Å²) < 4.78 is 40.4. The van der Waals surface area contributed by atoms with E-state index in [4.69, 9.17) is 23.3 Å². The molecule has 4 atom stereocenters. The van der Waals surface area contributed by atoms with Crippen LogP contribution in [0, 0.1) is 0 Å². The average Bonchev–Trinajstić information content (AvgIpc) is 3.87.